The molecule has 124 valence electrons. The molecule has 1 amide bonds. The van der Waals surface area contributed by atoms with E-state index in [0.29, 0.717) is 12.5 Å². The van der Waals surface area contributed by atoms with E-state index in [1.807, 2.05) is 24.4 Å². The number of para-hydroxylation sites is 1. The third-order valence-corrected chi connectivity index (χ3v) is 5.01. The molecule has 1 aliphatic heterocycles. The van der Waals surface area contributed by atoms with Gasteiger partial charge in [0.1, 0.15) is 0 Å². The van der Waals surface area contributed by atoms with Crippen molar-refractivity contribution in [1.82, 2.24) is 15.2 Å². The predicted molar refractivity (Wildman–Crippen MR) is 93.2 cm³/mol. The summed E-state index contributed by atoms with van der Waals surface area (Å²) in [5.74, 6) is -0.0444. The number of aromatic nitrogens is 1. The number of amides is 1. The molecule has 1 aliphatic rings. The molecule has 2 heterocycles. The Kier molecular flexibility index (Phi) is 4.68. The van der Waals surface area contributed by atoms with Gasteiger partial charge in [0.25, 0.3) is 0 Å². The Balaban J connectivity index is 1.59. The van der Waals surface area contributed by atoms with Crippen molar-refractivity contribution in [2.24, 2.45) is 5.73 Å². The molecule has 1 fully saturated rings. The van der Waals surface area contributed by atoms with Crippen LogP contribution >= 0.6 is 0 Å². The number of nitrogens with two attached hydrogens (primary N) is 1. The molecular weight excluding hydrogens is 288 g/mol. The molecule has 0 aliphatic carbocycles. The Morgan fingerprint density at radius 1 is 1.48 bits per heavy atom. The maximum absolute atomic E-state index is 12.4. The first-order valence-corrected chi connectivity index (χ1v) is 8.36. The average Bonchev–Trinajstić information content (AvgIpc) is 2.94. The van der Waals surface area contributed by atoms with Gasteiger partial charge in [0.15, 0.2) is 0 Å². The molecule has 0 radical (unpaired) electrons. The molecule has 5 nitrogen and oxygen atoms in total. The Morgan fingerprint density at radius 3 is 3.04 bits per heavy atom. The largest absolute Gasteiger partial charge is 0.361 e. The Labute approximate surface area is 137 Å². The van der Waals surface area contributed by atoms with Gasteiger partial charge in [-0.3, -0.25) is 4.79 Å². The van der Waals surface area contributed by atoms with Crippen LogP contribution < -0.4 is 11.1 Å². The summed E-state index contributed by atoms with van der Waals surface area (Å²) < 4.78 is 0. The standard InChI is InChI=1S/C18H26N4O/c1-12-9-14(7-8-22(12)2)21-18(23)16(19)10-13-11-20-17-6-4-3-5-15(13)17/h3-6,11-12,14,16,20H,7-10,19H2,1-2H3,(H,21,23)/t12?,14?,16-/m0/s1. The van der Waals surface area contributed by atoms with E-state index in [-0.39, 0.29) is 11.9 Å². The molecule has 4 N–H and O–H groups in total. The SMILES string of the molecule is CC1CC(NC(=O)[C@@H](N)Cc2c[nH]c3ccccc23)CCN1C. The van der Waals surface area contributed by atoms with Crippen LogP contribution in [0, 0.1) is 0 Å². The van der Waals surface area contributed by atoms with Gasteiger partial charge >= 0.3 is 0 Å². The number of aromatic amines is 1. The molecule has 5 heteroatoms. The molecule has 1 saturated heterocycles. The first kappa shape index (κ1) is 16.0. The van der Waals surface area contributed by atoms with Gasteiger partial charge in [0, 0.05) is 35.7 Å². The number of rotatable bonds is 4. The molecule has 3 rings (SSSR count). The molecule has 0 saturated carbocycles. The molecule has 3 atom stereocenters. The highest BCUT2D eigenvalue weighted by molar-refractivity contribution is 5.86. The Hall–Kier alpha value is -1.85. The van der Waals surface area contributed by atoms with E-state index < -0.39 is 6.04 Å². The summed E-state index contributed by atoms with van der Waals surface area (Å²) >= 11 is 0. The molecule has 1 aromatic heterocycles. The number of piperidine rings is 1. The zero-order valence-electron chi connectivity index (χ0n) is 13.9. The number of carbonyl (C=O) groups excluding carboxylic acids is 1. The molecule has 0 bridgehead atoms. The van der Waals surface area contributed by atoms with Gasteiger partial charge in [-0.2, -0.15) is 0 Å². The maximum atomic E-state index is 12.4. The van der Waals surface area contributed by atoms with Crippen molar-refractivity contribution in [3.63, 3.8) is 0 Å². The minimum Gasteiger partial charge on any atom is -0.361 e. The highest BCUT2D eigenvalue weighted by Gasteiger charge is 2.25. The number of carbonyl (C=O) groups is 1. The summed E-state index contributed by atoms with van der Waals surface area (Å²) in [6.07, 6.45) is 4.49. The average molecular weight is 314 g/mol. The fourth-order valence-electron chi connectivity index (χ4n) is 3.36. The topological polar surface area (TPSA) is 74.1 Å². The van der Waals surface area contributed by atoms with Crippen LogP contribution in [0.3, 0.4) is 0 Å². The van der Waals surface area contributed by atoms with Crippen molar-refractivity contribution < 1.29 is 4.79 Å². The lowest BCUT2D eigenvalue weighted by Crippen LogP contribution is -2.51. The van der Waals surface area contributed by atoms with Crippen LogP contribution in [0.15, 0.2) is 30.5 Å². The van der Waals surface area contributed by atoms with Crippen LogP contribution in [0.2, 0.25) is 0 Å². The van der Waals surface area contributed by atoms with Crippen LogP contribution in [0.5, 0.6) is 0 Å². The summed E-state index contributed by atoms with van der Waals surface area (Å²) in [4.78, 5) is 18.0. The van der Waals surface area contributed by atoms with Crippen molar-refractivity contribution in [3.05, 3.63) is 36.0 Å². The van der Waals surface area contributed by atoms with Crippen molar-refractivity contribution in [1.29, 1.82) is 0 Å². The zero-order chi connectivity index (χ0) is 16.4. The molecule has 0 spiro atoms. The van der Waals surface area contributed by atoms with Gasteiger partial charge in [0.2, 0.25) is 5.91 Å². The summed E-state index contributed by atoms with van der Waals surface area (Å²) in [5, 5.41) is 4.27. The number of hydrogen-bond acceptors (Lipinski definition) is 3. The van der Waals surface area contributed by atoms with Crippen LogP contribution in [0.4, 0.5) is 0 Å². The first-order chi connectivity index (χ1) is 11.0. The van der Waals surface area contributed by atoms with E-state index in [2.05, 4.69) is 35.2 Å². The minimum atomic E-state index is -0.510. The van der Waals surface area contributed by atoms with Crippen LogP contribution in [0.25, 0.3) is 10.9 Å². The number of nitrogens with zero attached hydrogens (tertiary/aromatic N) is 1. The molecule has 1 aromatic carbocycles. The van der Waals surface area contributed by atoms with E-state index in [1.54, 1.807) is 0 Å². The van der Waals surface area contributed by atoms with Crippen molar-refractivity contribution in [2.75, 3.05) is 13.6 Å². The van der Waals surface area contributed by atoms with Crippen molar-refractivity contribution >= 4 is 16.8 Å². The second-order valence-electron chi connectivity index (χ2n) is 6.73. The third-order valence-electron chi connectivity index (χ3n) is 5.01. The number of benzene rings is 1. The summed E-state index contributed by atoms with van der Waals surface area (Å²) in [7, 11) is 2.13. The molecule has 2 unspecified atom stereocenters. The summed E-state index contributed by atoms with van der Waals surface area (Å²) in [6.45, 7) is 3.22. The summed E-state index contributed by atoms with van der Waals surface area (Å²) in [5.41, 5.74) is 8.32. The fraction of sp³-hybridized carbons (Fsp3) is 0.500. The van der Waals surface area contributed by atoms with Gasteiger partial charge in [-0.25, -0.2) is 0 Å². The fourth-order valence-corrected chi connectivity index (χ4v) is 3.36. The highest BCUT2D eigenvalue weighted by atomic mass is 16.2. The smallest absolute Gasteiger partial charge is 0.237 e. The Bertz CT molecular complexity index is 680. The second-order valence-corrected chi connectivity index (χ2v) is 6.73. The number of fused-ring (bicyclic) bond motifs is 1. The van der Waals surface area contributed by atoms with E-state index in [4.69, 9.17) is 5.73 Å². The van der Waals surface area contributed by atoms with Crippen molar-refractivity contribution in [2.45, 2.75) is 44.3 Å². The number of likely N-dealkylation sites (tertiary alicyclic amines) is 1. The van der Waals surface area contributed by atoms with Crippen molar-refractivity contribution in [3.8, 4) is 0 Å². The van der Waals surface area contributed by atoms with Gasteiger partial charge in [-0.05, 0) is 44.9 Å². The lowest BCUT2D eigenvalue weighted by atomic mass is 9.98. The zero-order valence-corrected chi connectivity index (χ0v) is 13.9. The second kappa shape index (κ2) is 6.72. The molecule has 23 heavy (non-hydrogen) atoms. The lowest BCUT2D eigenvalue weighted by Gasteiger charge is -2.35. The van der Waals surface area contributed by atoms with E-state index in [0.717, 1.165) is 35.9 Å². The highest BCUT2D eigenvalue weighted by Crippen LogP contribution is 2.19. The van der Waals surface area contributed by atoms with Crippen LogP contribution in [-0.2, 0) is 11.2 Å². The minimum absolute atomic E-state index is 0.0444. The van der Waals surface area contributed by atoms with Gasteiger partial charge < -0.3 is 20.9 Å². The number of H-pyrrole nitrogens is 1. The first-order valence-electron chi connectivity index (χ1n) is 8.36. The Morgan fingerprint density at radius 2 is 2.26 bits per heavy atom. The predicted octanol–water partition coefficient (Wildman–Crippen LogP) is 1.64. The lowest BCUT2D eigenvalue weighted by molar-refractivity contribution is -0.123. The third kappa shape index (κ3) is 3.57. The van der Waals surface area contributed by atoms with Gasteiger partial charge in [-0.15, -0.1) is 0 Å². The van der Waals surface area contributed by atoms with Gasteiger partial charge in [-0.1, -0.05) is 18.2 Å². The van der Waals surface area contributed by atoms with Gasteiger partial charge in [0.05, 0.1) is 6.04 Å². The quantitative estimate of drug-likeness (QED) is 0.803. The van der Waals surface area contributed by atoms with E-state index in [1.165, 1.54) is 0 Å². The maximum Gasteiger partial charge on any atom is 0.237 e. The molecular formula is C18H26N4O. The number of hydrogen-bond donors (Lipinski definition) is 3. The normalized spacial score (nSPS) is 23.8. The summed E-state index contributed by atoms with van der Waals surface area (Å²) in [6, 6.07) is 8.32. The van der Waals surface area contributed by atoms with E-state index in [9.17, 15) is 4.79 Å². The van der Waals surface area contributed by atoms with Crippen LogP contribution in [-0.4, -0.2) is 47.5 Å². The van der Waals surface area contributed by atoms with E-state index >= 15 is 0 Å². The van der Waals surface area contributed by atoms with Crippen LogP contribution in [0.1, 0.15) is 25.3 Å². The molecule has 2 aromatic rings. The number of nitrogens with one attached hydrogen (secondary N) is 2. The monoisotopic (exact) mass is 314 g/mol.